The van der Waals surface area contributed by atoms with Crippen LogP contribution in [0.4, 0.5) is 5.00 Å². The van der Waals surface area contributed by atoms with Crippen LogP contribution in [-0.2, 0) is 0 Å². The zero-order valence-corrected chi connectivity index (χ0v) is 11.4. The summed E-state index contributed by atoms with van der Waals surface area (Å²) in [4.78, 5) is 3.46. The Labute approximate surface area is 112 Å². The number of fused-ring (bicyclic) bond motifs is 1. The van der Waals surface area contributed by atoms with Crippen molar-refractivity contribution in [3.8, 4) is 21.6 Å². The molecule has 18 heavy (non-hydrogen) atoms. The minimum Gasteiger partial charge on any atom is -0.370 e. The van der Waals surface area contributed by atoms with Gasteiger partial charge in [-0.1, -0.05) is 42.5 Å². The zero-order valence-electron chi connectivity index (χ0n) is 10.6. The standard InChI is InChI=1S/C16H15NS/c1-17(2)16-11-10-15(18-16)14-8-6-12-4-3-5-13(12)7-9-14/h3-11H,1-2H3. The van der Waals surface area contributed by atoms with Crippen molar-refractivity contribution in [2.24, 2.45) is 0 Å². The molecule has 0 unspecified atom stereocenters. The van der Waals surface area contributed by atoms with Crippen molar-refractivity contribution in [3.05, 3.63) is 54.6 Å². The van der Waals surface area contributed by atoms with Crippen LogP contribution in [0.15, 0.2) is 54.6 Å². The first kappa shape index (κ1) is 11.3. The normalized spacial score (nSPS) is 10.8. The van der Waals surface area contributed by atoms with Gasteiger partial charge in [0.25, 0.3) is 0 Å². The van der Waals surface area contributed by atoms with Crippen LogP contribution in [0.25, 0.3) is 21.6 Å². The lowest BCUT2D eigenvalue weighted by atomic mass is 10.2. The topological polar surface area (TPSA) is 3.24 Å². The van der Waals surface area contributed by atoms with E-state index < -0.39 is 0 Å². The number of thiophene rings is 1. The SMILES string of the molecule is CN(C)c1ccc(-c2ccc3cccc-3cc2)s1. The molecule has 0 spiro atoms. The molecule has 1 aromatic heterocycles. The molecule has 1 heterocycles. The van der Waals surface area contributed by atoms with Gasteiger partial charge in [0.1, 0.15) is 0 Å². The summed E-state index contributed by atoms with van der Waals surface area (Å²) in [7, 11) is 4.16. The van der Waals surface area contributed by atoms with Crippen LogP contribution in [0.1, 0.15) is 0 Å². The molecule has 2 heteroatoms. The molecule has 2 aliphatic rings. The monoisotopic (exact) mass is 253 g/mol. The maximum absolute atomic E-state index is 2.20. The lowest BCUT2D eigenvalue weighted by Crippen LogP contribution is -2.05. The molecule has 0 atom stereocenters. The summed E-state index contributed by atoms with van der Waals surface area (Å²) >= 11 is 1.82. The molecule has 0 radical (unpaired) electrons. The largest absolute Gasteiger partial charge is 0.370 e. The van der Waals surface area contributed by atoms with E-state index in [2.05, 4.69) is 73.6 Å². The average molecular weight is 253 g/mol. The van der Waals surface area contributed by atoms with E-state index in [1.165, 1.54) is 26.6 Å². The number of rotatable bonds is 2. The van der Waals surface area contributed by atoms with Crippen molar-refractivity contribution in [2.75, 3.05) is 19.0 Å². The van der Waals surface area contributed by atoms with Crippen molar-refractivity contribution in [2.45, 2.75) is 0 Å². The van der Waals surface area contributed by atoms with Gasteiger partial charge in [-0.2, -0.15) is 0 Å². The highest BCUT2D eigenvalue weighted by molar-refractivity contribution is 7.19. The van der Waals surface area contributed by atoms with Crippen LogP contribution in [0, 0.1) is 0 Å². The molecule has 0 N–H and O–H groups in total. The third-order valence-electron chi connectivity index (χ3n) is 3.09. The van der Waals surface area contributed by atoms with Crippen molar-refractivity contribution >= 4 is 16.3 Å². The Balaban J connectivity index is 2.05. The average Bonchev–Trinajstić information content (AvgIpc) is 2.96. The maximum Gasteiger partial charge on any atom is 0.0909 e. The molecule has 2 aliphatic carbocycles. The highest BCUT2D eigenvalue weighted by atomic mass is 32.1. The van der Waals surface area contributed by atoms with Crippen molar-refractivity contribution in [1.82, 2.24) is 0 Å². The summed E-state index contributed by atoms with van der Waals surface area (Å²) in [5.74, 6) is 0. The molecule has 0 saturated carbocycles. The molecule has 0 fully saturated rings. The Bertz CT molecular complexity index is 608. The van der Waals surface area contributed by atoms with Crippen LogP contribution in [0.5, 0.6) is 0 Å². The summed E-state index contributed by atoms with van der Waals surface area (Å²) in [6.45, 7) is 0. The van der Waals surface area contributed by atoms with E-state index in [-0.39, 0.29) is 0 Å². The van der Waals surface area contributed by atoms with E-state index in [0.29, 0.717) is 0 Å². The van der Waals surface area contributed by atoms with E-state index in [1.54, 1.807) is 0 Å². The Morgan fingerprint density at radius 2 is 1.33 bits per heavy atom. The van der Waals surface area contributed by atoms with Crippen LogP contribution in [0.2, 0.25) is 0 Å². The molecule has 0 amide bonds. The zero-order chi connectivity index (χ0) is 12.5. The molecule has 90 valence electrons. The Morgan fingerprint density at radius 3 is 1.89 bits per heavy atom. The Kier molecular flexibility index (Phi) is 2.80. The predicted octanol–water partition coefficient (Wildman–Crippen LogP) is 4.59. The van der Waals surface area contributed by atoms with Gasteiger partial charge in [0, 0.05) is 19.0 Å². The summed E-state index contributed by atoms with van der Waals surface area (Å²) in [5, 5.41) is 1.29. The summed E-state index contributed by atoms with van der Waals surface area (Å²) < 4.78 is 0. The predicted molar refractivity (Wildman–Crippen MR) is 80.7 cm³/mol. The second-order valence-corrected chi connectivity index (χ2v) is 5.65. The fraction of sp³-hybridized carbons (Fsp3) is 0.125. The van der Waals surface area contributed by atoms with Gasteiger partial charge < -0.3 is 4.90 Å². The van der Waals surface area contributed by atoms with Crippen LogP contribution in [0.3, 0.4) is 0 Å². The highest BCUT2D eigenvalue weighted by Crippen LogP contribution is 2.33. The minimum absolute atomic E-state index is 1.28. The van der Waals surface area contributed by atoms with Crippen LogP contribution < -0.4 is 4.90 Å². The first-order chi connectivity index (χ1) is 8.74. The molecule has 0 bridgehead atoms. The van der Waals surface area contributed by atoms with Crippen molar-refractivity contribution in [3.63, 3.8) is 0 Å². The van der Waals surface area contributed by atoms with Gasteiger partial charge in [-0.15, -0.1) is 11.3 Å². The molecule has 1 aromatic rings. The molecular formula is C16H15NS. The van der Waals surface area contributed by atoms with Crippen molar-refractivity contribution in [1.29, 1.82) is 0 Å². The molecule has 1 nitrogen and oxygen atoms in total. The van der Waals surface area contributed by atoms with E-state index in [4.69, 9.17) is 0 Å². The van der Waals surface area contributed by atoms with E-state index >= 15 is 0 Å². The number of anilines is 1. The van der Waals surface area contributed by atoms with Gasteiger partial charge in [0.2, 0.25) is 0 Å². The third-order valence-corrected chi connectivity index (χ3v) is 4.39. The lowest BCUT2D eigenvalue weighted by molar-refractivity contribution is 1.16. The third kappa shape index (κ3) is 2.00. The minimum atomic E-state index is 1.28. The van der Waals surface area contributed by atoms with Gasteiger partial charge in [-0.25, -0.2) is 0 Å². The maximum atomic E-state index is 2.20. The van der Waals surface area contributed by atoms with Gasteiger partial charge in [0.15, 0.2) is 0 Å². The van der Waals surface area contributed by atoms with Gasteiger partial charge in [0.05, 0.1) is 5.00 Å². The quantitative estimate of drug-likeness (QED) is 0.646. The van der Waals surface area contributed by atoms with E-state index in [9.17, 15) is 0 Å². The highest BCUT2D eigenvalue weighted by Gasteiger charge is 2.05. The van der Waals surface area contributed by atoms with Crippen LogP contribution >= 0.6 is 11.3 Å². The summed E-state index contributed by atoms with van der Waals surface area (Å²) in [6.07, 6.45) is 0. The lowest BCUT2D eigenvalue weighted by Gasteiger charge is -2.07. The number of nitrogens with zero attached hydrogens (tertiary/aromatic N) is 1. The fourth-order valence-electron chi connectivity index (χ4n) is 2.05. The fourth-order valence-corrected chi connectivity index (χ4v) is 2.99. The van der Waals surface area contributed by atoms with Gasteiger partial charge in [-0.3, -0.25) is 0 Å². The molecule has 0 saturated heterocycles. The Morgan fingerprint density at radius 1 is 0.722 bits per heavy atom. The van der Waals surface area contributed by atoms with Crippen molar-refractivity contribution < 1.29 is 0 Å². The van der Waals surface area contributed by atoms with E-state index in [0.717, 1.165) is 0 Å². The van der Waals surface area contributed by atoms with E-state index in [1.807, 2.05) is 11.3 Å². The smallest absolute Gasteiger partial charge is 0.0909 e. The second-order valence-electron chi connectivity index (χ2n) is 4.59. The molecule has 0 aromatic carbocycles. The first-order valence-electron chi connectivity index (χ1n) is 6.00. The second kappa shape index (κ2) is 4.46. The number of hydrogen-bond donors (Lipinski definition) is 0. The molecular weight excluding hydrogens is 238 g/mol. The molecule has 3 rings (SSSR count). The summed E-state index contributed by atoms with van der Waals surface area (Å²) in [5.41, 5.74) is 3.88. The molecule has 0 aliphatic heterocycles. The van der Waals surface area contributed by atoms with Gasteiger partial charge >= 0.3 is 0 Å². The summed E-state index contributed by atoms with van der Waals surface area (Å²) in [6, 6.07) is 19.6. The van der Waals surface area contributed by atoms with Gasteiger partial charge in [-0.05, 0) is 28.8 Å². The number of hydrogen-bond acceptors (Lipinski definition) is 2. The Hall–Kier alpha value is -1.80. The first-order valence-corrected chi connectivity index (χ1v) is 6.82. The van der Waals surface area contributed by atoms with Crippen LogP contribution in [-0.4, -0.2) is 14.1 Å².